The molecule has 4 rings (SSSR count). The lowest BCUT2D eigenvalue weighted by molar-refractivity contribution is 0.0676. The summed E-state index contributed by atoms with van der Waals surface area (Å²) in [7, 11) is 1.37. The minimum atomic E-state index is -0.404. The lowest BCUT2D eigenvalue weighted by atomic mass is 10.1. The summed E-state index contributed by atoms with van der Waals surface area (Å²) in [6.45, 7) is 5.90. The Labute approximate surface area is 233 Å². The van der Waals surface area contributed by atoms with Crippen LogP contribution in [0.2, 0.25) is 5.02 Å². The predicted octanol–water partition coefficient (Wildman–Crippen LogP) is 5.37. The lowest BCUT2D eigenvalue weighted by Crippen LogP contribution is -2.37. The fraction of sp³-hybridized carbons (Fsp3) is 0.345. The molecule has 1 amide bonds. The number of fused-ring (bicyclic) bond motifs is 2. The molecule has 0 saturated carbocycles. The van der Waals surface area contributed by atoms with Crippen LogP contribution in [-0.2, 0) is 14.2 Å². The van der Waals surface area contributed by atoms with Crippen molar-refractivity contribution in [2.75, 3.05) is 70.3 Å². The number of rotatable bonds is 14. The quantitative estimate of drug-likeness (QED) is 0.202. The van der Waals surface area contributed by atoms with Crippen molar-refractivity contribution in [2.24, 2.45) is 0 Å². The highest BCUT2D eigenvalue weighted by molar-refractivity contribution is 6.31. The molecule has 0 saturated heterocycles. The number of halogens is 1. The number of amides is 1. The van der Waals surface area contributed by atoms with Gasteiger partial charge in [-0.3, -0.25) is 9.97 Å². The Morgan fingerprint density at radius 1 is 0.821 bits per heavy atom. The second-order valence-corrected chi connectivity index (χ2v) is 9.37. The normalized spacial score (nSPS) is 11.1. The summed E-state index contributed by atoms with van der Waals surface area (Å²) >= 11 is 6.06. The first kappa shape index (κ1) is 28.4. The average Bonchev–Trinajstić information content (AvgIpc) is 2.94. The molecule has 0 aliphatic carbocycles. The van der Waals surface area contributed by atoms with Crippen LogP contribution >= 0.6 is 11.6 Å². The van der Waals surface area contributed by atoms with Crippen LogP contribution in [-0.4, -0.2) is 80.7 Å². The zero-order valence-corrected chi connectivity index (χ0v) is 23.0. The number of aromatic nitrogens is 2. The molecule has 0 bridgehead atoms. The number of nitrogens with zero attached hydrogens (tertiary/aromatic N) is 3. The molecule has 4 aromatic rings. The third-order valence-corrected chi connectivity index (χ3v) is 6.41. The van der Waals surface area contributed by atoms with Gasteiger partial charge in [-0.1, -0.05) is 23.7 Å². The number of ether oxygens (including phenoxy) is 3. The van der Waals surface area contributed by atoms with E-state index in [9.17, 15) is 4.79 Å². The van der Waals surface area contributed by atoms with Crippen molar-refractivity contribution in [1.82, 2.24) is 14.9 Å². The Morgan fingerprint density at radius 2 is 1.38 bits per heavy atom. The predicted molar refractivity (Wildman–Crippen MR) is 156 cm³/mol. The molecule has 0 atom stereocenters. The van der Waals surface area contributed by atoms with Crippen LogP contribution in [0.25, 0.3) is 21.8 Å². The number of carbonyl (C=O) groups is 1. The van der Waals surface area contributed by atoms with Crippen molar-refractivity contribution in [3.63, 3.8) is 0 Å². The van der Waals surface area contributed by atoms with Crippen LogP contribution in [0.4, 0.5) is 16.2 Å². The van der Waals surface area contributed by atoms with Gasteiger partial charge in [0.1, 0.15) is 0 Å². The summed E-state index contributed by atoms with van der Waals surface area (Å²) < 4.78 is 16.4. The molecule has 0 radical (unpaired) electrons. The number of carbonyl (C=O) groups excluding carboxylic acids is 1. The maximum Gasteiger partial charge on any atom is 0.409 e. The number of anilines is 2. The van der Waals surface area contributed by atoms with Gasteiger partial charge in [-0.25, -0.2) is 4.79 Å². The summed E-state index contributed by atoms with van der Waals surface area (Å²) in [6, 6.07) is 15.7. The molecular formula is C29H34ClN5O4. The molecule has 9 nitrogen and oxygen atoms in total. The Morgan fingerprint density at radius 3 is 1.97 bits per heavy atom. The number of hydrogen-bond donors (Lipinski definition) is 2. The third kappa shape index (κ3) is 8.16. The SMILES string of the molecule is COC(=O)N(CCOCCNc1ccnc2cc(C)ccc12)CCOCCNc1ccnc2cc(Cl)ccc12. The number of hydrogen-bond acceptors (Lipinski definition) is 8. The standard InChI is InChI=1S/C29H34ClN5O4/c1-21-3-5-23-25(7-9-31-27(23)19-21)33-11-15-38-17-13-35(29(36)37-2)14-18-39-16-12-34-26-8-10-32-28-20-22(30)4-6-24(26)28/h3-10,19-20H,11-18H2,1-2H3,(H,31,33)(H,32,34). The van der Waals surface area contributed by atoms with E-state index >= 15 is 0 Å². The molecule has 0 aliphatic rings. The summed E-state index contributed by atoms with van der Waals surface area (Å²) in [6.07, 6.45) is 3.14. The van der Waals surface area contributed by atoms with Gasteiger partial charge in [0.05, 0.1) is 44.6 Å². The largest absolute Gasteiger partial charge is 0.453 e. The number of aryl methyl sites for hydroxylation is 1. The molecule has 0 aliphatic heterocycles. The van der Waals surface area contributed by atoms with Gasteiger partial charge in [-0.2, -0.15) is 0 Å². The Kier molecular flexibility index (Phi) is 10.5. The number of pyridine rings is 2. The molecule has 2 heterocycles. The van der Waals surface area contributed by atoms with Crippen LogP contribution in [0.15, 0.2) is 60.9 Å². The summed E-state index contributed by atoms with van der Waals surface area (Å²) in [5, 5.41) is 9.50. The zero-order chi connectivity index (χ0) is 27.5. The van der Waals surface area contributed by atoms with E-state index in [-0.39, 0.29) is 0 Å². The molecule has 39 heavy (non-hydrogen) atoms. The van der Waals surface area contributed by atoms with Crippen molar-refractivity contribution in [2.45, 2.75) is 6.92 Å². The molecule has 0 unspecified atom stereocenters. The van der Waals surface area contributed by atoms with Crippen molar-refractivity contribution in [1.29, 1.82) is 0 Å². The monoisotopic (exact) mass is 551 g/mol. The van der Waals surface area contributed by atoms with Crippen LogP contribution in [0.5, 0.6) is 0 Å². The highest BCUT2D eigenvalue weighted by atomic mass is 35.5. The highest BCUT2D eigenvalue weighted by Gasteiger charge is 2.13. The van der Waals surface area contributed by atoms with E-state index in [1.54, 1.807) is 17.3 Å². The molecule has 2 N–H and O–H groups in total. The van der Waals surface area contributed by atoms with E-state index in [2.05, 4.69) is 45.7 Å². The first-order chi connectivity index (χ1) is 19.0. The third-order valence-electron chi connectivity index (χ3n) is 6.17. The van der Waals surface area contributed by atoms with E-state index in [0.717, 1.165) is 33.2 Å². The minimum absolute atomic E-state index is 0.389. The summed E-state index contributed by atoms with van der Waals surface area (Å²) in [5.41, 5.74) is 4.96. The van der Waals surface area contributed by atoms with Crippen LogP contribution in [0, 0.1) is 6.92 Å². The van der Waals surface area contributed by atoms with E-state index in [1.807, 2.05) is 30.3 Å². The molecule has 2 aromatic heterocycles. The van der Waals surface area contributed by atoms with E-state index in [0.29, 0.717) is 57.6 Å². The minimum Gasteiger partial charge on any atom is -0.453 e. The molecule has 206 valence electrons. The highest BCUT2D eigenvalue weighted by Crippen LogP contribution is 2.24. The van der Waals surface area contributed by atoms with E-state index in [4.69, 9.17) is 25.8 Å². The van der Waals surface area contributed by atoms with Crippen molar-refractivity contribution in [3.05, 3.63) is 71.5 Å². The molecular weight excluding hydrogens is 518 g/mol. The van der Waals surface area contributed by atoms with E-state index in [1.165, 1.54) is 12.7 Å². The molecule has 0 fully saturated rings. The fourth-order valence-corrected chi connectivity index (χ4v) is 4.35. The summed E-state index contributed by atoms with van der Waals surface area (Å²) in [4.78, 5) is 22.5. The van der Waals surface area contributed by atoms with E-state index < -0.39 is 6.09 Å². The van der Waals surface area contributed by atoms with Gasteiger partial charge >= 0.3 is 6.09 Å². The zero-order valence-electron chi connectivity index (χ0n) is 22.3. The summed E-state index contributed by atoms with van der Waals surface area (Å²) in [5.74, 6) is 0. The number of methoxy groups -OCH3 is 1. The first-order valence-electron chi connectivity index (χ1n) is 12.9. The van der Waals surface area contributed by atoms with Gasteiger partial charge in [-0.05, 0) is 48.9 Å². The number of benzene rings is 2. The second kappa shape index (κ2) is 14.5. The van der Waals surface area contributed by atoms with Crippen molar-refractivity contribution in [3.8, 4) is 0 Å². The molecule has 10 heteroatoms. The van der Waals surface area contributed by atoms with Crippen LogP contribution in [0.3, 0.4) is 0 Å². The van der Waals surface area contributed by atoms with Gasteiger partial charge in [-0.15, -0.1) is 0 Å². The second-order valence-electron chi connectivity index (χ2n) is 8.93. The Bertz CT molecular complexity index is 1290. The maximum absolute atomic E-state index is 12.2. The maximum atomic E-state index is 12.2. The van der Waals surface area contributed by atoms with Crippen molar-refractivity contribution >= 4 is 50.9 Å². The topological polar surface area (TPSA) is 97.8 Å². The Balaban J connectivity index is 1.12. The number of nitrogens with one attached hydrogen (secondary N) is 2. The van der Waals surface area contributed by atoms with Gasteiger partial charge in [0, 0.05) is 65.7 Å². The first-order valence-corrected chi connectivity index (χ1v) is 13.3. The molecule has 0 spiro atoms. The van der Waals surface area contributed by atoms with Gasteiger partial charge < -0.3 is 29.7 Å². The van der Waals surface area contributed by atoms with Crippen LogP contribution < -0.4 is 10.6 Å². The lowest BCUT2D eigenvalue weighted by Gasteiger charge is -2.21. The van der Waals surface area contributed by atoms with Gasteiger partial charge in [0.2, 0.25) is 0 Å². The average molecular weight is 552 g/mol. The van der Waals surface area contributed by atoms with Crippen LogP contribution in [0.1, 0.15) is 5.56 Å². The Hall–Kier alpha value is -3.66. The van der Waals surface area contributed by atoms with Crippen molar-refractivity contribution < 1.29 is 19.0 Å². The fourth-order valence-electron chi connectivity index (χ4n) is 4.18. The van der Waals surface area contributed by atoms with Gasteiger partial charge in [0.25, 0.3) is 0 Å². The smallest absolute Gasteiger partial charge is 0.409 e. The molecule has 2 aromatic carbocycles. The van der Waals surface area contributed by atoms with Gasteiger partial charge in [0.15, 0.2) is 0 Å².